The minimum absolute atomic E-state index is 0.0289. The number of hydrogen-bond donors (Lipinski definition) is 1. The monoisotopic (exact) mass is 208 g/mol. The maximum atomic E-state index is 11.5. The highest BCUT2D eigenvalue weighted by Gasteiger charge is 2.16. The Hall–Kier alpha value is -1.91. The van der Waals surface area contributed by atoms with Gasteiger partial charge in [-0.3, -0.25) is 14.9 Å². The van der Waals surface area contributed by atoms with Crippen LogP contribution in [0.25, 0.3) is 0 Å². The van der Waals surface area contributed by atoms with E-state index >= 15 is 0 Å². The molecule has 0 saturated heterocycles. The van der Waals surface area contributed by atoms with E-state index in [9.17, 15) is 14.9 Å². The molecule has 5 heteroatoms. The second-order valence-corrected chi connectivity index (χ2v) is 3.07. The Morgan fingerprint density at radius 2 is 2.20 bits per heavy atom. The summed E-state index contributed by atoms with van der Waals surface area (Å²) >= 11 is 0. The summed E-state index contributed by atoms with van der Waals surface area (Å²) in [5.41, 5.74) is 0.721. The van der Waals surface area contributed by atoms with Gasteiger partial charge in [0.1, 0.15) is 0 Å². The van der Waals surface area contributed by atoms with Crippen LogP contribution in [0.15, 0.2) is 18.2 Å². The molecule has 0 saturated carbocycles. The molecule has 0 aromatic heterocycles. The number of hydrogen-bond acceptors (Lipinski definition) is 3. The Morgan fingerprint density at radius 1 is 1.53 bits per heavy atom. The van der Waals surface area contributed by atoms with E-state index in [0.717, 1.165) is 0 Å². The van der Waals surface area contributed by atoms with E-state index in [2.05, 4.69) is 5.32 Å². The lowest BCUT2D eigenvalue weighted by Crippen LogP contribution is -2.23. The number of nitrogens with zero attached hydrogens (tertiary/aromatic N) is 1. The summed E-state index contributed by atoms with van der Waals surface area (Å²) in [5.74, 6) is -0.279. The Labute approximate surface area is 87.3 Å². The van der Waals surface area contributed by atoms with Gasteiger partial charge in [-0.15, -0.1) is 0 Å². The van der Waals surface area contributed by atoms with E-state index in [-0.39, 0.29) is 11.6 Å². The van der Waals surface area contributed by atoms with Gasteiger partial charge >= 0.3 is 0 Å². The maximum Gasteiger partial charge on any atom is 0.273 e. The summed E-state index contributed by atoms with van der Waals surface area (Å²) in [7, 11) is 0. The van der Waals surface area contributed by atoms with Crippen LogP contribution < -0.4 is 5.32 Å². The summed E-state index contributed by atoms with van der Waals surface area (Å²) in [6, 6.07) is 4.47. The number of nitro groups is 1. The van der Waals surface area contributed by atoms with Crippen LogP contribution in [-0.4, -0.2) is 17.4 Å². The molecule has 0 fully saturated rings. The van der Waals surface area contributed by atoms with Gasteiger partial charge in [0.25, 0.3) is 11.6 Å². The van der Waals surface area contributed by atoms with Crippen molar-refractivity contribution in [3.8, 4) is 0 Å². The lowest BCUT2D eigenvalue weighted by atomic mass is 10.1. The highest BCUT2D eigenvalue weighted by atomic mass is 16.6. The second-order valence-electron chi connectivity index (χ2n) is 3.07. The summed E-state index contributed by atoms with van der Waals surface area (Å²) in [4.78, 5) is 21.6. The van der Waals surface area contributed by atoms with Gasteiger partial charge in [0.2, 0.25) is 0 Å². The zero-order chi connectivity index (χ0) is 11.4. The number of benzene rings is 1. The molecule has 0 aliphatic carbocycles. The molecule has 5 nitrogen and oxygen atoms in total. The molecule has 80 valence electrons. The van der Waals surface area contributed by atoms with Gasteiger partial charge in [-0.2, -0.15) is 0 Å². The smallest absolute Gasteiger partial charge is 0.273 e. The molecule has 0 heterocycles. The van der Waals surface area contributed by atoms with Crippen LogP contribution >= 0.6 is 0 Å². The summed E-state index contributed by atoms with van der Waals surface area (Å²) in [5, 5.41) is 13.2. The van der Waals surface area contributed by atoms with Gasteiger partial charge < -0.3 is 5.32 Å². The molecule has 1 aromatic carbocycles. The van der Waals surface area contributed by atoms with E-state index in [1.807, 2.05) is 0 Å². The van der Waals surface area contributed by atoms with Crippen LogP contribution in [0.2, 0.25) is 0 Å². The fraction of sp³-hybridized carbons (Fsp3) is 0.300. The number of amides is 1. The van der Waals surface area contributed by atoms with Gasteiger partial charge in [-0.25, -0.2) is 0 Å². The van der Waals surface area contributed by atoms with Crippen LogP contribution in [-0.2, 0) is 0 Å². The number of carbonyl (C=O) groups is 1. The molecule has 1 rings (SSSR count). The number of rotatable bonds is 3. The van der Waals surface area contributed by atoms with Crippen molar-refractivity contribution in [3.05, 3.63) is 39.4 Å². The first-order valence-electron chi connectivity index (χ1n) is 4.60. The van der Waals surface area contributed by atoms with Crippen LogP contribution in [0.5, 0.6) is 0 Å². The first kappa shape index (κ1) is 11.2. The normalized spacial score (nSPS) is 9.73. The molecule has 0 bridgehead atoms. The minimum Gasteiger partial charge on any atom is -0.352 e. The highest BCUT2D eigenvalue weighted by Crippen LogP contribution is 2.20. The Kier molecular flexibility index (Phi) is 3.38. The SMILES string of the molecule is CCNC(=O)c1cccc([N+](=O)[O-])c1C. The van der Waals surface area contributed by atoms with Crippen molar-refractivity contribution < 1.29 is 9.72 Å². The Morgan fingerprint density at radius 3 is 2.73 bits per heavy atom. The summed E-state index contributed by atoms with van der Waals surface area (Å²) in [6.45, 7) is 3.87. The molecule has 15 heavy (non-hydrogen) atoms. The molecular weight excluding hydrogens is 196 g/mol. The van der Waals surface area contributed by atoms with Crippen molar-refractivity contribution in [1.29, 1.82) is 0 Å². The van der Waals surface area contributed by atoms with Crippen molar-refractivity contribution in [2.45, 2.75) is 13.8 Å². The largest absolute Gasteiger partial charge is 0.352 e. The van der Waals surface area contributed by atoms with E-state index in [0.29, 0.717) is 17.7 Å². The van der Waals surface area contributed by atoms with Gasteiger partial charge in [0.15, 0.2) is 0 Å². The van der Waals surface area contributed by atoms with Crippen molar-refractivity contribution >= 4 is 11.6 Å². The minimum atomic E-state index is -0.488. The van der Waals surface area contributed by atoms with E-state index in [1.54, 1.807) is 19.9 Å². The lowest BCUT2D eigenvalue weighted by Gasteiger charge is -2.05. The Balaban J connectivity index is 3.15. The van der Waals surface area contributed by atoms with Crippen LogP contribution in [0, 0.1) is 17.0 Å². The van der Waals surface area contributed by atoms with Gasteiger partial charge in [-0.1, -0.05) is 6.07 Å². The lowest BCUT2D eigenvalue weighted by molar-refractivity contribution is -0.385. The standard InChI is InChI=1S/C10H12N2O3/c1-3-11-10(13)8-5-4-6-9(7(8)2)12(14)15/h4-6H,3H2,1-2H3,(H,11,13). The van der Waals surface area contributed by atoms with Gasteiger partial charge in [0, 0.05) is 23.7 Å². The molecule has 0 aliphatic heterocycles. The average Bonchev–Trinajstić information content (AvgIpc) is 2.17. The predicted molar refractivity (Wildman–Crippen MR) is 55.8 cm³/mol. The molecule has 0 unspecified atom stereocenters. The van der Waals surface area contributed by atoms with Crippen molar-refractivity contribution in [2.75, 3.05) is 6.54 Å². The fourth-order valence-electron chi connectivity index (χ4n) is 1.32. The first-order valence-corrected chi connectivity index (χ1v) is 4.60. The fourth-order valence-corrected chi connectivity index (χ4v) is 1.32. The van der Waals surface area contributed by atoms with Crippen LogP contribution in [0.4, 0.5) is 5.69 Å². The van der Waals surface area contributed by atoms with E-state index < -0.39 is 4.92 Å². The third-order valence-electron chi connectivity index (χ3n) is 2.08. The molecular formula is C10H12N2O3. The second kappa shape index (κ2) is 4.54. The molecule has 0 aliphatic rings. The average molecular weight is 208 g/mol. The van der Waals surface area contributed by atoms with Crippen LogP contribution in [0.1, 0.15) is 22.8 Å². The van der Waals surface area contributed by atoms with E-state index in [1.165, 1.54) is 12.1 Å². The first-order chi connectivity index (χ1) is 7.07. The maximum absolute atomic E-state index is 11.5. The molecule has 1 N–H and O–H groups in total. The quantitative estimate of drug-likeness (QED) is 0.606. The number of carbonyl (C=O) groups excluding carboxylic acids is 1. The van der Waals surface area contributed by atoms with E-state index in [4.69, 9.17) is 0 Å². The third-order valence-corrected chi connectivity index (χ3v) is 2.08. The van der Waals surface area contributed by atoms with Crippen molar-refractivity contribution in [3.63, 3.8) is 0 Å². The molecule has 1 amide bonds. The molecule has 0 radical (unpaired) electrons. The molecule has 0 atom stereocenters. The zero-order valence-electron chi connectivity index (χ0n) is 8.61. The third kappa shape index (κ3) is 2.31. The summed E-state index contributed by atoms with van der Waals surface area (Å²) in [6.07, 6.45) is 0. The van der Waals surface area contributed by atoms with Gasteiger partial charge in [-0.05, 0) is 19.9 Å². The summed E-state index contributed by atoms with van der Waals surface area (Å²) < 4.78 is 0. The van der Waals surface area contributed by atoms with Crippen LogP contribution in [0.3, 0.4) is 0 Å². The zero-order valence-corrected chi connectivity index (χ0v) is 8.61. The molecule has 1 aromatic rings. The topological polar surface area (TPSA) is 72.2 Å². The Bertz CT molecular complexity index is 402. The van der Waals surface area contributed by atoms with Crippen molar-refractivity contribution in [1.82, 2.24) is 5.32 Å². The predicted octanol–water partition coefficient (Wildman–Crippen LogP) is 1.65. The number of nitrogens with one attached hydrogen (secondary N) is 1. The number of nitro benzene ring substituents is 1. The highest BCUT2D eigenvalue weighted by molar-refractivity contribution is 5.96. The van der Waals surface area contributed by atoms with Gasteiger partial charge in [0.05, 0.1) is 4.92 Å². The molecule has 0 spiro atoms. The van der Waals surface area contributed by atoms with Crippen molar-refractivity contribution in [2.24, 2.45) is 0 Å².